The van der Waals surface area contributed by atoms with Gasteiger partial charge in [0.25, 0.3) is 0 Å². The number of hydrogen-bond donors (Lipinski definition) is 0. The van der Waals surface area contributed by atoms with E-state index in [1.54, 1.807) is 0 Å². The number of fused-ring (bicyclic) bond motifs is 50. The zero-order valence-corrected chi connectivity index (χ0v) is 77.9. The maximum absolute atomic E-state index is 2.41. The van der Waals surface area contributed by atoms with Crippen LogP contribution >= 0.6 is 0 Å². The van der Waals surface area contributed by atoms with Crippen molar-refractivity contribution in [1.82, 2.24) is 0 Å². The first-order chi connectivity index (χ1) is 66.0. The Morgan fingerprint density at radius 2 is 0.193 bits per heavy atom. The van der Waals surface area contributed by atoms with Crippen molar-refractivity contribution in [3.63, 3.8) is 0 Å². The fourth-order valence-electron chi connectivity index (χ4n) is 26.9. The van der Waals surface area contributed by atoms with Crippen molar-refractivity contribution in [1.29, 1.82) is 0 Å². The van der Waals surface area contributed by atoms with Gasteiger partial charge < -0.3 is 0 Å². The molecule has 0 aliphatic heterocycles. The zero-order chi connectivity index (χ0) is 90.9. The Labute approximate surface area is 793 Å². The molecule has 0 atom stereocenters. The predicted molar refractivity (Wildman–Crippen MR) is 561 cm³/mol. The minimum absolute atomic E-state index is 0.195. The molecule has 0 N–H and O–H groups in total. The molecular weight excluding hydrogens is 1620 g/mol. The average Bonchev–Trinajstić information content (AvgIpc) is 1.53. The molecule has 0 radical (unpaired) electrons. The van der Waals surface area contributed by atoms with Crippen molar-refractivity contribution in [3.8, 4) is 111 Å². The first-order valence-electron chi connectivity index (χ1n) is 48.2. The fraction of sp³-hybridized carbons (Fsp3) is 0.111. The van der Waals surface area contributed by atoms with Crippen LogP contribution in [-0.4, -0.2) is 0 Å². The van der Waals surface area contributed by atoms with E-state index in [1.807, 2.05) is 0 Å². The van der Waals surface area contributed by atoms with Gasteiger partial charge in [0, 0.05) is 0 Å². The third-order valence-electron chi connectivity index (χ3n) is 32.0. The summed E-state index contributed by atoms with van der Waals surface area (Å²) in [6.45, 7) is 22.0. The number of benzene rings is 20. The lowest BCUT2D eigenvalue weighted by molar-refractivity contribution is 0.791. The van der Waals surface area contributed by atoms with Gasteiger partial charge in [-0.1, -0.05) is 480 Å². The van der Waals surface area contributed by atoms with Gasteiger partial charge in [0.1, 0.15) is 0 Å². The number of aryl methyl sites for hydroxylation is 10. The second-order valence-electron chi connectivity index (χ2n) is 39.7. The van der Waals surface area contributed by atoms with Crippen molar-refractivity contribution in [3.05, 3.63) is 592 Å². The minimum Gasteiger partial charge on any atom is -0.0619 e. The predicted octanol–water partition coefficient (Wildman–Crippen LogP) is 33.2. The molecule has 10 aliphatic rings. The summed E-state index contributed by atoms with van der Waals surface area (Å²) in [5.74, 6) is 0. The molecule has 10 aliphatic carbocycles. The van der Waals surface area contributed by atoms with E-state index in [4.69, 9.17) is 0 Å². The van der Waals surface area contributed by atoms with Crippen LogP contribution in [0, 0.1) is 69.2 Å². The van der Waals surface area contributed by atoms with Crippen LogP contribution in [0.2, 0.25) is 0 Å². The van der Waals surface area contributed by atoms with E-state index in [0.717, 1.165) is 0 Å². The number of rotatable bonds is 0. The summed E-state index contributed by atoms with van der Waals surface area (Å²) in [4.78, 5) is 0. The van der Waals surface area contributed by atoms with Crippen LogP contribution in [0.1, 0.15) is 167 Å². The van der Waals surface area contributed by atoms with Gasteiger partial charge in [0.2, 0.25) is 0 Å². The van der Waals surface area contributed by atoms with Gasteiger partial charge in [-0.05, 0) is 292 Å². The average molecular weight is 1720 g/mol. The Morgan fingerprint density at radius 3 is 0.370 bits per heavy atom. The molecule has 0 amide bonds. The molecule has 0 heterocycles. The Kier molecular flexibility index (Phi) is 17.7. The van der Waals surface area contributed by atoms with Gasteiger partial charge >= 0.3 is 0 Å². The highest BCUT2D eigenvalue weighted by Crippen LogP contribution is 2.70. The standard InChI is InChI=1S/5C27H20/c1-17-12-14-25-22(15-17)21-13-11-18(2)16-26(21)27(25)23-9-5-3-7-19(23)20-8-4-6-10-24(20)27;1-17-11-13-25-21(15-17)19-7-3-5-9-23(19)27(25)24-10-6-4-8-20(24)22-16-18(2)12-14-26(22)27;1-17-11-13-21-19-7-3-5-9-23(19)27(25(21)15-17)24-10-6-4-8-20(24)22-14-12-18(2)16-26(22)27;1-17-11-13-25-21(15-17)22-16-18(2)12-14-26(22)27(25)23-9-5-3-7-19(23)20-8-4-6-10-24(20)27;1-17-11-13-21-22-14-12-18(2)16-26(22)27(25(21)15-17)23-9-5-3-7-19(23)20-8-4-6-10-24(20)27/h5*3-16H,1-2H3. The van der Waals surface area contributed by atoms with Crippen molar-refractivity contribution < 1.29 is 0 Å². The largest absolute Gasteiger partial charge is 0.0725 e. The molecular formula is C135H100. The minimum atomic E-state index is -0.199. The maximum Gasteiger partial charge on any atom is 0.0725 e. The lowest BCUT2D eigenvalue weighted by atomic mass is 9.70. The Morgan fingerprint density at radius 1 is 0.0889 bits per heavy atom. The summed E-state index contributed by atoms with van der Waals surface area (Å²) >= 11 is 0. The smallest absolute Gasteiger partial charge is 0.0619 e. The lowest BCUT2D eigenvalue weighted by Crippen LogP contribution is -2.26. The van der Waals surface area contributed by atoms with Gasteiger partial charge in [0.05, 0.1) is 27.1 Å². The third kappa shape index (κ3) is 10.9. The van der Waals surface area contributed by atoms with E-state index in [1.165, 1.54) is 278 Å². The lowest BCUT2D eigenvalue weighted by Gasteiger charge is -2.30. The van der Waals surface area contributed by atoms with Crippen LogP contribution in [0.3, 0.4) is 0 Å². The molecule has 0 saturated carbocycles. The topological polar surface area (TPSA) is 0 Å². The van der Waals surface area contributed by atoms with Gasteiger partial charge in [-0.25, -0.2) is 0 Å². The normalized spacial score (nSPS) is 14.6. The summed E-state index contributed by atoms with van der Waals surface area (Å²) in [5.41, 5.74) is 68.2. The molecule has 20 aromatic rings. The van der Waals surface area contributed by atoms with Crippen LogP contribution in [0.25, 0.3) is 111 Å². The molecule has 20 aromatic carbocycles. The monoisotopic (exact) mass is 1720 g/mol. The highest BCUT2D eigenvalue weighted by molar-refractivity contribution is 6.02. The van der Waals surface area contributed by atoms with Crippen molar-refractivity contribution in [2.75, 3.05) is 0 Å². The van der Waals surface area contributed by atoms with Gasteiger partial charge in [-0.2, -0.15) is 0 Å². The fourth-order valence-corrected chi connectivity index (χ4v) is 26.9. The molecule has 0 unspecified atom stereocenters. The van der Waals surface area contributed by atoms with Crippen LogP contribution < -0.4 is 0 Å². The molecule has 30 rings (SSSR count). The van der Waals surface area contributed by atoms with Crippen LogP contribution in [0.4, 0.5) is 0 Å². The second-order valence-corrected chi connectivity index (χ2v) is 39.7. The summed E-state index contributed by atoms with van der Waals surface area (Å²) < 4.78 is 0. The summed E-state index contributed by atoms with van der Waals surface area (Å²) in [7, 11) is 0. The summed E-state index contributed by atoms with van der Waals surface area (Å²) in [6, 6.07) is 159. The molecule has 0 fully saturated rings. The van der Waals surface area contributed by atoms with Gasteiger partial charge in [-0.3, -0.25) is 0 Å². The zero-order valence-electron chi connectivity index (χ0n) is 77.9. The van der Waals surface area contributed by atoms with E-state index < -0.39 is 0 Å². The van der Waals surface area contributed by atoms with Crippen LogP contribution in [0.15, 0.2) is 425 Å². The van der Waals surface area contributed by atoms with Crippen molar-refractivity contribution >= 4 is 0 Å². The maximum atomic E-state index is 2.41. The first kappa shape index (κ1) is 80.3. The second kappa shape index (κ2) is 29.7. The van der Waals surface area contributed by atoms with Crippen LogP contribution in [-0.2, 0) is 27.1 Å². The molecule has 640 valence electrons. The highest BCUT2D eigenvalue weighted by Gasteiger charge is 2.58. The quantitative estimate of drug-likeness (QED) is 0.142. The van der Waals surface area contributed by atoms with Crippen molar-refractivity contribution in [2.45, 2.75) is 96.3 Å². The third-order valence-corrected chi connectivity index (χ3v) is 32.0. The molecule has 0 heteroatoms. The van der Waals surface area contributed by atoms with Gasteiger partial charge in [0.15, 0.2) is 0 Å². The molecule has 0 aromatic heterocycles. The molecule has 0 bridgehead atoms. The Balaban J connectivity index is 0.0000000878. The van der Waals surface area contributed by atoms with Crippen LogP contribution in [0.5, 0.6) is 0 Å². The van der Waals surface area contributed by atoms with E-state index >= 15 is 0 Å². The Bertz CT molecular complexity index is 8020. The molecule has 5 spiro atoms. The Hall–Kier alpha value is -15.6. The first-order valence-corrected chi connectivity index (χ1v) is 48.2. The van der Waals surface area contributed by atoms with E-state index in [9.17, 15) is 0 Å². The summed E-state index contributed by atoms with van der Waals surface area (Å²) in [5, 5.41) is 0. The molecule has 0 saturated heterocycles. The van der Waals surface area contributed by atoms with Crippen molar-refractivity contribution in [2.24, 2.45) is 0 Å². The van der Waals surface area contributed by atoms with E-state index in [-0.39, 0.29) is 27.1 Å². The highest BCUT2D eigenvalue weighted by atomic mass is 14.6. The molecule has 135 heavy (non-hydrogen) atoms. The summed E-state index contributed by atoms with van der Waals surface area (Å²) in [6.07, 6.45) is 0. The van der Waals surface area contributed by atoms with E-state index in [0.29, 0.717) is 0 Å². The SMILES string of the molecule is Cc1ccc2c(c1)-c1cc(C)ccc1C21c2ccccc2-c2ccccc21.Cc1ccc2c(c1)-c1ccc(C)cc1C21c2ccccc2-c2ccccc21.Cc1ccc2c(c1)-c1ccccc1C21c2ccccc2-c2cc(C)ccc21.Cc1ccc2c(c1)C1(c3ccccc3-2)c2ccccc2-c2ccc(C)cc21.Cc1ccc2c(c1)C1(c3ccccc3-c3ccccc31)c1cc(C)ccc1-2. The molecule has 0 nitrogen and oxygen atoms in total. The van der Waals surface area contributed by atoms with E-state index in [2.05, 4.69) is 494 Å². The number of hydrogen-bond acceptors (Lipinski definition) is 0. The van der Waals surface area contributed by atoms with Gasteiger partial charge in [-0.15, -0.1) is 0 Å².